The Hall–Kier alpha value is -3.12. The topological polar surface area (TPSA) is 59.4 Å². The summed E-state index contributed by atoms with van der Waals surface area (Å²) in [5.74, 6) is 0.559. The molecule has 4 aromatic rings. The number of esters is 1. The second-order valence-corrected chi connectivity index (χ2v) is 13.0. The SMILES string of the molecule is CC(=O)OC1(CS[C@H](CCc2ccccc2C(C)(C)O)c2cccc(C=Cc3ccc4ccc(Cl)cc4n3)c2)CC1. The average molecular weight is 586 g/mol. The molecule has 5 rings (SSSR count). The molecule has 3 aromatic carbocycles. The van der Waals surface area contributed by atoms with Gasteiger partial charge in [-0.05, 0) is 86.1 Å². The number of halogens is 1. The molecule has 1 aliphatic carbocycles. The molecule has 0 amide bonds. The number of fused-ring (bicyclic) bond motifs is 1. The van der Waals surface area contributed by atoms with Crippen LogP contribution in [0, 0.1) is 0 Å². The summed E-state index contributed by atoms with van der Waals surface area (Å²) in [7, 11) is 0. The number of hydrogen-bond acceptors (Lipinski definition) is 5. The van der Waals surface area contributed by atoms with Gasteiger partial charge in [-0.25, -0.2) is 4.98 Å². The molecule has 1 N–H and O–H groups in total. The van der Waals surface area contributed by atoms with Gasteiger partial charge in [0.15, 0.2) is 0 Å². The van der Waals surface area contributed by atoms with E-state index in [-0.39, 0.29) is 16.8 Å². The van der Waals surface area contributed by atoms with Crippen LogP contribution in [0.5, 0.6) is 0 Å². The number of carbonyl (C=O) groups is 1. The number of ether oxygens (including phenoxy) is 1. The first-order chi connectivity index (χ1) is 19.6. The minimum atomic E-state index is -0.903. The van der Waals surface area contributed by atoms with Crippen molar-refractivity contribution in [1.29, 1.82) is 0 Å². The molecule has 1 atom stereocenters. The Morgan fingerprint density at radius 2 is 1.85 bits per heavy atom. The maximum absolute atomic E-state index is 11.7. The lowest BCUT2D eigenvalue weighted by Gasteiger charge is -2.24. The molecule has 1 fully saturated rings. The van der Waals surface area contributed by atoms with Gasteiger partial charge in [-0.1, -0.05) is 78.3 Å². The number of carbonyl (C=O) groups excluding carboxylic acids is 1. The van der Waals surface area contributed by atoms with E-state index in [1.54, 1.807) is 0 Å². The van der Waals surface area contributed by atoms with Crippen LogP contribution in [0.2, 0.25) is 5.02 Å². The van der Waals surface area contributed by atoms with Gasteiger partial charge in [0, 0.05) is 28.3 Å². The van der Waals surface area contributed by atoms with E-state index in [2.05, 4.69) is 42.5 Å². The van der Waals surface area contributed by atoms with E-state index in [1.165, 1.54) is 12.5 Å². The third-order valence-corrected chi connectivity index (χ3v) is 9.31. The quantitative estimate of drug-likeness (QED) is 0.178. The Morgan fingerprint density at radius 1 is 1.07 bits per heavy atom. The minimum Gasteiger partial charge on any atom is -0.458 e. The zero-order chi connectivity index (χ0) is 29.0. The highest BCUT2D eigenvalue weighted by Gasteiger charge is 2.46. The molecular weight excluding hydrogens is 550 g/mol. The maximum atomic E-state index is 11.7. The molecular formula is C35H36ClNO3S. The van der Waals surface area contributed by atoms with Crippen molar-refractivity contribution in [2.45, 2.75) is 62.9 Å². The van der Waals surface area contributed by atoms with Gasteiger partial charge in [0.25, 0.3) is 0 Å². The van der Waals surface area contributed by atoms with Gasteiger partial charge in [0.05, 0.1) is 16.8 Å². The van der Waals surface area contributed by atoms with Crippen LogP contribution < -0.4 is 0 Å². The third-order valence-electron chi connectivity index (χ3n) is 7.47. The number of aromatic nitrogens is 1. The summed E-state index contributed by atoms with van der Waals surface area (Å²) < 4.78 is 5.69. The third kappa shape index (κ3) is 7.79. The van der Waals surface area contributed by atoms with Gasteiger partial charge in [-0.3, -0.25) is 4.79 Å². The molecule has 6 heteroatoms. The fraction of sp³-hybridized carbons (Fsp3) is 0.314. The lowest BCUT2D eigenvalue weighted by molar-refractivity contribution is -0.147. The van der Waals surface area contributed by atoms with E-state index in [1.807, 2.05) is 74.1 Å². The van der Waals surface area contributed by atoms with E-state index in [9.17, 15) is 9.90 Å². The molecule has 0 spiro atoms. The number of benzene rings is 3. The number of pyridine rings is 1. The minimum absolute atomic E-state index is 0.201. The smallest absolute Gasteiger partial charge is 0.303 e. The van der Waals surface area contributed by atoms with Crippen molar-refractivity contribution in [1.82, 2.24) is 4.98 Å². The monoisotopic (exact) mass is 585 g/mol. The number of rotatable bonds is 11. The summed E-state index contributed by atoms with van der Waals surface area (Å²) in [6.07, 6.45) is 7.69. The summed E-state index contributed by atoms with van der Waals surface area (Å²) in [5.41, 5.74) is 4.96. The molecule has 41 heavy (non-hydrogen) atoms. The molecule has 1 aromatic heterocycles. The van der Waals surface area contributed by atoms with Crippen LogP contribution in [0.3, 0.4) is 0 Å². The van der Waals surface area contributed by atoms with Crippen LogP contribution in [0.1, 0.15) is 73.2 Å². The molecule has 0 aliphatic heterocycles. The summed E-state index contributed by atoms with van der Waals surface area (Å²) >= 11 is 8.03. The van der Waals surface area contributed by atoms with Crippen molar-refractivity contribution >= 4 is 52.4 Å². The summed E-state index contributed by atoms with van der Waals surface area (Å²) in [5, 5.41) is 12.7. The molecule has 212 valence electrons. The largest absolute Gasteiger partial charge is 0.458 e. The zero-order valence-electron chi connectivity index (χ0n) is 23.8. The second-order valence-electron chi connectivity index (χ2n) is 11.4. The maximum Gasteiger partial charge on any atom is 0.303 e. The highest BCUT2D eigenvalue weighted by Crippen LogP contribution is 2.46. The van der Waals surface area contributed by atoms with E-state index in [4.69, 9.17) is 21.3 Å². The van der Waals surface area contributed by atoms with Crippen molar-refractivity contribution in [3.63, 3.8) is 0 Å². The molecule has 1 heterocycles. The number of aryl methyl sites for hydroxylation is 1. The molecule has 1 aliphatic rings. The van der Waals surface area contributed by atoms with Crippen molar-refractivity contribution < 1.29 is 14.6 Å². The molecule has 0 unspecified atom stereocenters. The Kier molecular flexibility index (Phi) is 8.88. The van der Waals surface area contributed by atoms with Crippen LogP contribution in [0.4, 0.5) is 0 Å². The fourth-order valence-corrected chi connectivity index (χ4v) is 6.83. The van der Waals surface area contributed by atoms with Crippen molar-refractivity contribution in [3.05, 3.63) is 112 Å². The predicted octanol–water partition coefficient (Wildman–Crippen LogP) is 8.79. The van der Waals surface area contributed by atoms with Crippen LogP contribution in [0.15, 0.2) is 78.9 Å². The van der Waals surface area contributed by atoms with E-state index < -0.39 is 5.60 Å². The van der Waals surface area contributed by atoms with Crippen LogP contribution >= 0.6 is 23.4 Å². The van der Waals surface area contributed by atoms with Gasteiger partial charge >= 0.3 is 5.97 Å². The van der Waals surface area contributed by atoms with Gasteiger partial charge in [0.2, 0.25) is 0 Å². The lowest BCUT2D eigenvalue weighted by atomic mass is 9.90. The number of hydrogen-bond donors (Lipinski definition) is 1. The van der Waals surface area contributed by atoms with Crippen LogP contribution in [-0.4, -0.2) is 27.4 Å². The van der Waals surface area contributed by atoms with Gasteiger partial charge < -0.3 is 9.84 Å². The van der Waals surface area contributed by atoms with Gasteiger partial charge in [0.1, 0.15) is 5.60 Å². The summed E-state index contributed by atoms with van der Waals surface area (Å²) in [6.45, 7) is 5.16. The predicted molar refractivity (Wildman–Crippen MR) is 171 cm³/mol. The van der Waals surface area contributed by atoms with Crippen LogP contribution in [0.25, 0.3) is 23.1 Å². The average Bonchev–Trinajstić information content (AvgIpc) is 3.70. The molecule has 0 saturated heterocycles. The van der Waals surface area contributed by atoms with Crippen LogP contribution in [-0.2, 0) is 21.6 Å². The van der Waals surface area contributed by atoms with Gasteiger partial charge in [-0.2, -0.15) is 0 Å². The lowest BCUT2D eigenvalue weighted by Crippen LogP contribution is -2.21. The number of aliphatic hydroxyl groups is 1. The number of nitrogens with zero attached hydrogens (tertiary/aromatic N) is 1. The number of thioether (sulfide) groups is 1. The first-order valence-corrected chi connectivity index (χ1v) is 15.5. The highest BCUT2D eigenvalue weighted by atomic mass is 35.5. The molecule has 1 saturated carbocycles. The zero-order valence-corrected chi connectivity index (χ0v) is 25.3. The van der Waals surface area contributed by atoms with E-state index in [0.29, 0.717) is 5.02 Å². The Bertz CT molecular complexity index is 1570. The highest BCUT2D eigenvalue weighted by molar-refractivity contribution is 7.99. The summed E-state index contributed by atoms with van der Waals surface area (Å²) in [4.78, 5) is 16.5. The van der Waals surface area contributed by atoms with E-state index >= 15 is 0 Å². The van der Waals surface area contributed by atoms with Crippen molar-refractivity contribution in [2.75, 3.05) is 5.75 Å². The standard InChI is InChI=1S/C35H36ClNO3S/c1-24(38)40-35(19-20-35)23-41-33(18-14-26-8-4-5-10-31(26)34(2,3)39)28-9-6-7-25(21-28)11-16-30-17-13-27-12-15-29(36)22-32(27)37-30/h4-13,15-17,21-22,33,39H,14,18-20,23H2,1-3H3/t33-/m1/s1. The fourth-order valence-electron chi connectivity index (χ4n) is 5.18. The Morgan fingerprint density at radius 3 is 2.61 bits per heavy atom. The molecule has 4 nitrogen and oxygen atoms in total. The van der Waals surface area contributed by atoms with Crippen molar-refractivity contribution in [3.8, 4) is 0 Å². The second kappa shape index (κ2) is 12.4. The first-order valence-electron chi connectivity index (χ1n) is 14.1. The summed E-state index contributed by atoms with van der Waals surface area (Å²) in [6, 6.07) is 26.6. The Labute approximate surface area is 251 Å². The molecule has 0 bridgehead atoms. The normalized spacial score (nSPS) is 15.2. The van der Waals surface area contributed by atoms with E-state index in [0.717, 1.165) is 64.7 Å². The van der Waals surface area contributed by atoms with Crippen molar-refractivity contribution in [2.24, 2.45) is 0 Å². The first kappa shape index (κ1) is 29.4. The Balaban J connectivity index is 1.37. The molecule has 0 radical (unpaired) electrons. The van der Waals surface area contributed by atoms with Gasteiger partial charge in [-0.15, -0.1) is 11.8 Å².